The SMILES string of the molecule is O=C(COc1cccc(Cl)c1)N1CCCC2(CCCN2Cc2cc(F)ccc2F)CC1.O=C(O)C(F)(F)F. The minimum Gasteiger partial charge on any atom is -0.484 e. The molecule has 2 saturated heterocycles. The molecule has 208 valence electrons. The number of ether oxygens (including phenoxy) is 1. The van der Waals surface area contributed by atoms with Crippen LogP contribution in [-0.4, -0.2) is 64.7 Å². The van der Waals surface area contributed by atoms with Crippen molar-refractivity contribution in [2.45, 2.75) is 50.4 Å². The molecular weight excluding hydrogens is 535 g/mol. The van der Waals surface area contributed by atoms with Gasteiger partial charge in [-0.05, 0) is 75.0 Å². The van der Waals surface area contributed by atoms with Crippen molar-refractivity contribution in [2.24, 2.45) is 0 Å². The van der Waals surface area contributed by atoms with Crippen molar-refractivity contribution in [3.05, 3.63) is 64.7 Å². The van der Waals surface area contributed by atoms with Gasteiger partial charge in [-0.2, -0.15) is 13.2 Å². The normalized spacial score (nSPS) is 20.0. The minimum atomic E-state index is -5.08. The molecule has 2 aromatic rings. The number of carbonyl (C=O) groups excluding carboxylic acids is 1. The summed E-state index contributed by atoms with van der Waals surface area (Å²) in [6.45, 7) is 2.56. The van der Waals surface area contributed by atoms with E-state index >= 15 is 0 Å². The molecule has 0 aliphatic carbocycles. The number of nitrogens with zero attached hydrogens (tertiary/aromatic N) is 2. The van der Waals surface area contributed by atoms with Crippen LogP contribution in [0.25, 0.3) is 0 Å². The van der Waals surface area contributed by atoms with Crippen molar-refractivity contribution in [1.29, 1.82) is 0 Å². The Morgan fingerprint density at radius 1 is 1.00 bits per heavy atom. The number of carboxylic acid groups (broad SMARTS) is 1. The monoisotopic (exact) mass is 562 g/mol. The van der Waals surface area contributed by atoms with Gasteiger partial charge in [-0.3, -0.25) is 9.69 Å². The van der Waals surface area contributed by atoms with Crippen LogP contribution in [-0.2, 0) is 16.1 Å². The number of alkyl halides is 3. The molecule has 38 heavy (non-hydrogen) atoms. The highest BCUT2D eigenvalue weighted by atomic mass is 35.5. The number of carbonyl (C=O) groups is 2. The van der Waals surface area contributed by atoms with E-state index in [2.05, 4.69) is 4.90 Å². The molecule has 1 atom stereocenters. The Balaban J connectivity index is 0.000000505. The fraction of sp³-hybridized carbons (Fsp3) is 0.462. The second-order valence-electron chi connectivity index (χ2n) is 9.27. The highest BCUT2D eigenvalue weighted by Gasteiger charge is 2.42. The van der Waals surface area contributed by atoms with Gasteiger partial charge in [0.1, 0.15) is 17.4 Å². The van der Waals surface area contributed by atoms with Crippen LogP contribution < -0.4 is 4.74 Å². The maximum Gasteiger partial charge on any atom is 0.490 e. The average molecular weight is 563 g/mol. The number of carboxylic acids is 1. The van der Waals surface area contributed by atoms with Crippen LogP contribution >= 0.6 is 11.6 Å². The van der Waals surface area contributed by atoms with Crippen LogP contribution in [0.15, 0.2) is 42.5 Å². The standard InChI is InChI=1S/C24H27ClF2N2O2.C2HF3O2/c25-19-4-1-5-21(15-19)31-17-23(30)28-11-2-8-24(10-13-28)9-3-12-29(24)16-18-14-20(26)6-7-22(18)27;3-2(4,5)1(6)7/h1,4-7,14-15H,2-3,8-13,16-17H2;(H,6,7). The first-order chi connectivity index (χ1) is 17.9. The summed E-state index contributed by atoms with van der Waals surface area (Å²) in [4.78, 5) is 25.8. The van der Waals surface area contributed by atoms with E-state index in [1.165, 1.54) is 12.1 Å². The maximum atomic E-state index is 14.2. The fourth-order valence-electron chi connectivity index (χ4n) is 4.90. The molecule has 1 spiro atoms. The molecule has 1 amide bonds. The Morgan fingerprint density at radius 3 is 2.34 bits per heavy atom. The molecule has 12 heteroatoms. The number of halogens is 6. The van der Waals surface area contributed by atoms with Gasteiger partial charge in [0.05, 0.1) is 0 Å². The van der Waals surface area contributed by atoms with Crippen molar-refractivity contribution in [3.63, 3.8) is 0 Å². The molecule has 0 saturated carbocycles. The van der Waals surface area contributed by atoms with Crippen LogP contribution in [0.3, 0.4) is 0 Å². The Hall–Kier alpha value is -2.92. The summed E-state index contributed by atoms with van der Waals surface area (Å²) < 4.78 is 65.2. The highest BCUT2D eigenvalue weighted by molar-refractivity contribution is 6.30. The number of amides is 1. The Kier molecular flexibility index (Phi) is 9.94. The molecule has 1 N–H and O–H groups in total. The Morgan fingerprint density at radius 2 is 1.68 bits per heavy atom. The van der Waals surface area contributed by atoms with Crippen molar-refractivity contribution < 1.29 is 41.4 Å². The van der Waals surface area contributed by atoms with E-state index < -0.39 is 18.0 Å². The molecule has 2 fully saturated rings. The smallest absolute Gasteiger partial charge is 0.484 e. The Labute approximate surface area is 221 Å². The third-order valence-electron chi connectivity index (χ3n) is 6.78. The predicted octanol–water partition coefficient (Wildman–Crippen LogP) is 5.68. The van der Waals surface area contributed by atoms with E-state index in [1.54, 1.807) is 24.3 Å². The van der Waals surface area contributed by atoms with Crippen LogP contribution in [0.1, 0.15) is 37.7 Å². The number of rotatable bonds is 5. The van der Waals surface area contributed by atoms with E-state index in [4.69, 9.17) is 26.2 Å². The predicted molar refractivity (Wildman–Crippen MR) is 130 cm³/mol. The van der Waals surface area contributed by atoms with Gasteiger partial charge < -0.3 is 14.7 Å². The Bertz CT molecular complexity index is 1130. The first kappa shape index (κ1) is 29.6. The van der Waals surface area contributed by atoms with Gasteiger partial charge in [-0.25, -0.2) is 13.6 Å². The lowest BCUT2D eigenvalue weighted by Gasteiger charge is -2.38. The first-order valence-electron chi connectivity index (χ1n) is 12.0. The van der Waals surface area contributed by atoms with Crippen molar-refractivity contribution in [3.8, 4) is 5.75 Å². The van der Waals surface area contributed by atoms with Gasteiger partial charge in [0.25, 0.3) is 5.91 Å². The molecule has 0 aromatic heterocycles. The highest BCUT2D eigenvalue weighted by Crippen LogP contribution is 2.39. The summed E-state index contributed by atoms with van der Waals surface area (Å²) in [5.41, 5.74) is 0.329. The number of hydrogen-bond acceptors (Lipinski definition) is 4. The fourth-order valence-corrected chi connectivity index (χ4v) is 5.08. The van der Waals surface area contributed by atoms with Crippen LogP contribution in [0.5, 0.6) is 5.75 Å². The molecule has 0 bridgehead atoms. The van der Waals surface area contributed by atoms with Gasteiger partial charge in [0, 0.05) is 35.8 Å². The molecule has 0 radical (unpaired) electrons. The zero-order chi connectivity index (χ0) is 27.9. The molecule has 1 unspecified atom stereocenters. The number of benzene rings is 2. The second-order valence-corrected chi connectivity index (χ2v) is 9.70. The number of hydrogen-bond donors (Lipinski definition) is 1. The van der Waals surface area contributed by atoms with Crippen LogP contribution in [0.4, 0.5) is 22.0 Å². The van der Waals surface area contributed by atoms with Crippen LogP contribution in [0, 0.1) is 11.6 Å². The van der Waals surface area contributed by atoms with Crippen molar-refractivity contribution >= 4 is 23.5 Å². The summed E-state index contributed by atoms with van der Waals surface area (Å²) in [7, 11) is 0. The second kappa shape index (κ2) is 12.8. The van der Waals surface area contributed by atoms with E-state index in [0.29, 0.717) is 36.0 Å². The average Bonchev–Trinajstić information content (AvgIpc) is 3.09. The molecule has 2 aliphatic rings. The molecule has 2 aliphatic heterocycles. The molecule has 4 rings (SSSR count). The van der Waals surface area contributed by atoms with E-state index in [0.717, 1.165) is 44.7 Å². The largest absolute Gasteiger partial charge is 0.490 e. The first-order valence-corrected chi connectivity index (χ1v) is 12.4. The summed E-state index contributed by atoms with van der Waals surface area (Å²) in [6, 6.07) is 10.6. The lowest BCUT2D eigenvalue weighted by Crippen LogP contribution is -2.44. The number of likely N-dealkylation sites (tertiary alicyclic amines) is 2. The van der Waals surface area contributed by atoms with Gasteiger partial charge >= 0.3 is 12.1 Å². The lowest BCUT2D eigenvalue weighted by atomic mass is 9.87. The molecule has 2 heterocycles. The summed E-state index contributed by atoms with van der Waals surface area (Å²) in [6.07, 6.45) is -0.380. The summed E-state index contributed by atoms with van der Waals surface area (Å²) in [5.74, 6) is -3.01. The van der Waals surface area contributed by atoms with Crippen molar-refractivity contribution in [2.75, 3.05) is 26.2 Å². The van der Waals surface area contributed by atoms with E-state index in [9.17, 15) is 26.7 Å². The van der Waals surface area contributed by atoms with Gasteiger partial charge in [0.15, 0.2) is 6.61 Å². The quantitative estimate of drug-likeness (QED) is 0.475. The van der Waals surface area contributed by atoms with Gasteiger partial charge in [-0.1, -0.05) is 17.7 Å². The minimum absolute atomic E-state index is 0.0223. The zero-order valence-electron chi connectivity index (χ0n) is 20.4. The van der Waals surface area contributed by atoms with Gasteiger partial charge in [-0.15, -0.1) is 0 Å². The zero-order valence-corrected chi connectivity index (χ0v) is 21.2. The van der Waals surface area contributed by atoms with Crippen molar-refractivity contribution in [1.82, 2.24) is 9.80 Å². The molecular formula is C26H28ClF5N2O4. The molecule has 6 nitrogen and oxygen atoms in total. The maximum absolute atomic E-state index is 14.2. The third-order valence-corrected chi connectivity index (χ3v) is 7.02. The van der Waals surface area contributed by atoms with E-state index in [1.807, 2.05) is 4.90 Å². The summed E-state index contributed by atoms with van der Waals surface area (Å²) in [5, 5.41) is 7.69. The number of aliphatic carboxylic acids is 1. The lowest BCUT2D eigenvalue weighted by molar-refractivity contribution is -0.192. The van der Waals surface area contributed by atoms with Crippen LogP contribution in [0.2, 0.25) is 5.02 Å². The third kappa shape index (κ3) is 8.04. The topological polar surface area (TPSA) is 70.1 Å². The van der Waals surface area contributed by atoms with E-state index in [-0.39, 0.29) is 23.9 Å². The molecule has 2 aromatic carbocycles. The summed E-state index contributed by atoms with van der Waals surface area (Å²) >= 11 is 5.97. The van der Waals surface area contributed by atoms with Gasteiger partial charge in [0.2, 0.25) is 0 Å².